The van der Waals surface area contributed by atoms with Gasteiger partial charge in [-0.2, -0.15) is 0 Å². The van der Waals surface area contributed by atoms with E-state index in [1.54, 1.807) is 31.3 Å². The van der Waals surface area contributed by atoms with Gasteiger partial charge < -0.3 is 19.9 Å². The number of rotatable bonds is 5. The fourth-order valence-electron chi connectivity index (χ4n) is 1.95. The molecule has 1 aromatic heterocycles. The summed E-state index contributed by atoms with van der Waals surface area (Å²) in [5, 5.41) is 13.0. The zero-order chi connectivity index (χ0) is 15.4. The summed E-state index contributed by atoms with van der Waals surface area (Å²) in [6.45, 7) is -0.213. The van der Waals surface area contributed by atoms with Gasteiger partial charge in [-0.1, -0.05) is 0 Å². The van der Waals surface area contributed by atoms with Crippen LogP contribution in [-0.2, 0) is 11.8 Å². The lowest BCUT2D eigenvalue weighted by Crippen LogP contribution is -2.27. The maximum atomic E-state index is 12.1. The van der Waals surface area contributed by atoms with Crippen molar-refractivity contribution in [2.24, 2.45) is 7.05 Å². The second-order valence-corrected chi connectivity index (χ2v) is 4.40. The number of ether oxygens (including phenoxy) is 1. The molecule has 21 heavy (non-hydrogen) atoms. The summed E-state index contributed by atoms with van der Waals surface area (Å²) in [6.07, 6.45) is 1.08. The lowest BCUT2D eigenvalue weighted by molar-refractivity contribution is -0.122. The molecule has 0 atom stereocenters. The van der Waals surface area contributed by atoms with Crippen molar-refractivity contribution in [3.8, 4) is 5.75 Å². The quantitative estimate of drug-likeness (QED) is 0.557. The Labute approximate surface area is 121 Å². The molecule has 2 aromatic rings. The Morgan fingerprint density at radius 1 is 1.43 bits per heavy atom. The predicted molar refractivity (Wildman–Crippen MR) is 81.2 cm³/mol. The highest BCUT2D eigenvalue weighted by molar-refractivity contribution is 5.87. The number of amides is 1. The fourth-order valence-corrected chi connectivity index (χ4v) is 1.95. The molecule has 3 N–H and O–H groups in total. The van der Waals surface area contributed by atoms with Crippen LogP contribution in [0.15, 0.2) is 29.1 Å². The number of hydrogen-bond donors (Lipinski definition) is 3. The molecule has 0 aliphatic rings. The molecule has 0 spiro atoms. The van der Waals surface area contributed by atoms with E-state index in [1.807, 2.05) is 0 Å². The van der Waals surface area contributed by atoms with Gasteiger partial charge in [0.1, 0.15) is 0 Å². The molecule has 0 fully saturated rings. The second-order valence-electron chi connectivity index (χ2n) is 4.40. The molecular weight excluding hydrogens is 272 g/mol. The van der Waals surface area contributed by atoms with Gasteiger partial charge >= 0.3 is 0 Å². The Morgan fingerprint density at radius 3 is 2.86 bits per heavy atom. The number of fused-ring (bicyclic) bond motifs is 1. The van der Waals surface area contributed by atoms with Crippen LogP contribution >= 0.6 is 0 Å². The van der Waals surface area contributed by atoms with Gasteiger partial charge in [-0.25, -0.2) is 0 Å². The first kappa shape index (κ1) is 14.6. The van der Waals surface area contributed by atoms with E-state index in [2.05, 4.69) is 10.6 Å². The highest BCUT2D eigenvalue weighted by Gasteiger charge is 2.10. The Morgan fingerprint density at radius 2 is 2.19 bits per heavy atom. The Bertz CT molecular complexity index is 752. The number of anilines is 1. The van der Waals surface area contributed by atoms with Gasteiger partial charge in [-0.3, -0.25) is 15.0 Å². The van der Waals surface area contributed by atoms with Gasteiger partial charge in [0.05, 0.1) is 11.9 Å². The third-order valence-corrected chi connectivity index (χ3v) is 3.07. The third-order valence-electron chi connectivity index (χ3n) is 3.07. The maximum Gasteiger partial charge on any atom is 0.293 e. The molecule has 2 rings (SSSR count). The van der Waals surface area contributed by atoms with E-state index in [0.29, 0.717) is 0 Å². The van der Waals surface area contributed by atoms with Gasteiger partial charge in [0, 0.05) is 25.2 Å². The number of aryl methyl sites for hydroxylation is 1. The molecule has 1 amide bonds. The minimum absolute atomic E-state index is 0.112. The van der Waals surface area contributed by atoms with E-state index in [9.17, 15) is 9.59 Å². The molecule has 0 aliphatic heterocycles. The summed E-state index contributed by atoms with van der Waals surface area (Å²) in [5.74, 6) is -0.197. The normalized spacial score (nSPS) is 10.2. The van der Waals surface area contributed by atoms with Crippen LogP contribution in [0, 0.1) is 5.41 Å². The Balaban J connectivity index is 2.46. The van der Waals surface area contributed by atoms with Gasteiger partial charge in [0.2, 0.25) is 0 Å². The molecule has 110 valence electrons. The first-order chi connectivity index (χ1) is 10.1. The van der Waals surface area contributed by atoms with Crippen molar-refractivity contribution in [3.63, 3.8) is 0 Å². The number of nitrogens with one attached hydrogen (secondary N) is 3. The molecular formula is C14H16N4O3. The van der Waals surface area contributed by atoms with E-state index in [0.717, 1.165) is 22.9 Å². The molecule has 1 aromatic carbocycles. The predicted octanol–water partition coefficient (Wildman–Crippen LogP) is 0.682. The smallest absolute Gasteiger partial charge is 0.293 e. The number of benzene rings is 1. The van der Waals surface area contributed by atoms with Crippen molar-refractivity contribution >= 4 is 28.8 Å². The van der Waals surface area contributed by atoms with E-state index >= 15 is 0 Å². The summed E-state index contributed by atoms with van der Waals surface area (Å²) in [7, 11) is 3.14. The highest BCUT2D eigenvalue weighted by atomic mass is 16.5. The number of aromatic nitrogens is 1. The standard InChI is InChI=1S/C14H16N4O3/c1-16-13(19)7-21-12-6-9-5-10(17-8-15)3-4-11(9)18(2)14(12)20/h3-6,8H,7H2,1-2H3,(H2,15,17)(H,16,19). The van der Waals surface area contributed by atoms with E-state index in [4.69, 9.17) is 10.1 Å². The molecule has 0 aliphatic carbocycles. The van der Waals surface area contributed by atoms with Crippen LogP contribution in [0.25, 0.3) is 10.9 Å². The average molecular weight is 288 g/mol. The lowest BCUT2D eigenvalue weighted by Gasteiger charge is -2.11. The number of nitrogens with zero attached hydrogens (tertiary/aromatic N) is 1. The van der Waals surface area contributed by atoms with Gasteiger partial charge in [-0.15, -0.1) is 0 Å². The molecule has 7 heteroatoms. The summed E-state index contributed by atoms with van der Waals surface area (Å²) in [6, 6.07) is 6.95. The topological polar surface area (TPSA) is 96.2 Å². The SMILES string of the molecule is CNC(=O)COc1cc2cc(NC=N)ccc2n(C)c1=O. The van der Waals surface area contributed by atoms with Crippen molar-refractivity contribution < 1.29 is 9.53 Å². The molecule has 1 heterocycles. The average Bonchev–Trinajstić information content (AvgIpc) is 2.49. The molecule has 0 radical (unpaired) electrons. The first-order valence-corrected chi connectivity index (χ1v) is 6.29. The Kier molecular flexibility index (Phi) is 4.22. The molecule has 0 bridgehead atoms. The van der Waals surface area contributed by atoms with E-state index < -0.39 is 0 Å². The zero-order valence-electron chi connectivity index (χ0n) is 11.8. The van der Waals surface area contributed by atoms with Crippen molar-refractivity contribution in [2.75, 3.05) is 19.0 Å². The van der Waals surface area contributed by atoms with Crippen molar-refractivity contribution in [3.05, 3.63) is 34.6 Å². The van der Waals surface area contributed by atoms with Crippen LogP contribution in [0.1, 0.15) is 0 Å². The zero-order valence-corrected chi connectivity index (χ0v) is 11.8. The first-order valence-electron chi connectivity index (χ1n) is 6.29. The van der Waals surface area contributed by atoms with Crippen LogP contribution in [-0.4, -0.2) is 30.5 Å². The minimum Gasteiger partial charge on any atom is -0.478 e. The highest BCUT2D eigenvalue weighted by Crippen LogP contribution is 2.20. The number of hydrogen-bond acceptors (Lipinski definition) is 4. The summed E-state index contributed by atoms with van der Waals surface area (Å²) in [4.78, 5) is 23.4. The molecule has 0 unspecified atom stereocenters. The third kappa shape index (κ3) is 3.02. The number of pyridine rings is 1. The number of carbonyl (C=O) groups excluding carboxylic acids is 1. The number of carbonyl (C=O) groups is 1. The summed E-state index contributed by atoms with van der Waals surface area (Å²) < 4.78 is 6.73. The van der Waals surface area contributed by atoms with Crippen LogP contribution in [0.2, 0.25) is 0 Å². The monoisotopic (exact) mass is 288 g/mol. The minimum atomic E-state index is -0.309. The van der Waals surface area contributed by atoms with Crippen LogP contribution in [0.4, 0.5) is 5.69 Å². The van der Waals surface area contributed by atoms with Crippen molar-refractivity contribution in [2.45, 2.75) is 0 Å². The molecule has 0 saturated heterocycles. The number of likely N-dealkylation sites (N-methyl/N-ethyl adjacent to an activating group) is 1. The van der Waals surface area contributed by atoms with Crippen molar-refractivity contribution in [1.29, 1.82) is 5.41 Å². The fraction of sp³-hybridized carbons (Fsp3) is 0.214. The summed E-state index contributed by atoms with van der Waals surface area (Å²) in [5.41, 5.74) is 1.16. The van der Waals surface area contributed by atoms with E-state index in [1.165, 1.54) is 11.6 Å². The largest absolute Gasteiger partial charge is 0.478 e. The van der Waals surface area contributed by atoms with Crippen LogP contribution < -0.4 is 20.9 Å². The lowest BCUT2D eigenvalue weighted by atomic mass is 10.2. The van der Waals surface area contributed by atoms with Crippen molar-refractivity contribution in [1.82, 2.24) is 9.88 Å². The van der Waals surface area contributed by atoms with Crippen LogP contribution in [0.5, 0.6) is 5.75 Å². The maximum absolute atomic E-state index is 12.1. The summed E-state index contributed by atoms with van der Waals surface area (Å²) >= 11 is 0. The van der Waals surface area contributed by atoms with Gasteiger partial charge in [0.15, 0.2) is 12.4 Å². The van der Waals surface area contributed by atoms with Gasteiger partial charge in [-0.05, 0) is 24.3 Å². The molecule has 0 saturated carbocycles. The van der Waals surface area contributed by atoms with Gasteiger partial charge in [0.25, 0.3) is 11.5 Å². The van der Waals surface area contributed by atoms with Crippen LogP contribution in [0.3, 0.4) is 0 Å². The van der Waals surface area contributed by atoms with E-state index in [-0.39, 0.29) is 23.8 Å². The molecule has 7 nitrogen and oxygen atoms in total. The second kappa shape index (κ2) is 6.08. The Hall–Kier alpha value is -2.83.